The fourth-order valence-corrected chi connectivity index (χ4v) is 5.17. The van der Waals surface area contributed by atoms with Crippen LogP contribution in [0.3, 0.4) is 0 Å². The number of carbonyl (C=O) groups excluding carboxylic acids is 1. The number of aliphatic hydroxyl groups is 7. The predicted octanol–water partition coefficient (Wildman–Crippen LogP) is -7.42. The summed E-state index contributed by atoms with van der Waals surface area (Å²) in [7, 11) is 0. The van der Waals surface area contributed by atoms with Crippen molar-refractivity contribution >= 4 is 12.2 Å². The van der Waals surface area contributed by atoms with Crippen LogP contribution in [0.4, 0.5) is 4.39 Å². The lowest BCUT2D eigenvalue weighted by Gasteiger charge is -2.48. The van der Waals surface area contributed by atoms with E-state index < -0.39 is 110 Å². The van der Waals surface area contributed by atoms with Crippen LogP contribution >= 0.6 is 0 Å². The molecule has 19 heteroatoms. The molecule has 2 heterocycles. The van der Waals surface area contributed by atoms with Gasteiger partial charge in [-0.05, 0) is 6.42 Å². The molecule has 1 aliphatic carbocycles. The molecule has 42 heavy (non-hydrogen) atoms. The Labute approximate surface area is 240 Å². The summed E-state index contributed by atoms with van der Waals surface area (Å²) in [4.78, 5) is 16.3. The van der Waals surface area contributed by atoms with E-state index in [1.54, 1.807) is 0 Å². The van der Waals surface area contributed by atoms with Gasteiger partial charge in [0.2, 0.25) is 0 Å². The van der Waals surface area contributed by atoms with Gasteiger partial charge in [-0.1, -0.05) is 0 Å². The third-order valence-electron chi connectivity index (χ3n) is 7.67. The first-order valence-electron chi connectivity index (χ1n) is 13.5. The molecule has 0 spiro atoms. The lowest BCUT2D eigenvalue weighted by atomic mass is 9.83. The van der Waals surface area contributed by atoms with Crippen LogP contribution in [0.15, 0.2) is 4.99 Å². The van der Waals surface area contributed by atoms with Crippen LogP contribution < -0.4 is 28.3 Å². The zero-order chi connectivity index (χ0) is 31.3. The van der Waals surface area contributed by atoms with E-state index in [0.717, 1.165) is 6.34 Å². The lowest BCUT2D eigenvalue weighted by Crippen LogP contribution is -2.69. The second-order valence-electron chi connectivity index (χ2n) is 10.6. The molecule has 18 nitrogen and oxygen atoms in total. The molecule has 0 aromatic heterocycles. The number of amides is 1. The number of alkyl halides is 1. The highest BCUT2D eigenvalue weighted by molar-refractivity contribution is 5.81. The van der Waals surface area contributed by atoms with E-state index in [2.05, 4.69) is 10.3 Å². The maximum Gasteiger partial charge on any atom is 0.254 e. The third kappa shape index (κ3) is 7.68. The number of ether oxygens (including phenoxy) is 4. The van der Waals surface area contributed by atoms with Gasteiger partial charge < -0.3 is 82.9 Å². The highest BCUT2D eigenvalue weighted by Gasteiger charge is 2.52. The van der Waals surface area contributed by atoms with E-state index in [4.69, 9.17) is 41.9 Å². The fourth-order valence-electron chi connectivity index (χ4n) is 5.17. The van der Waals surface area contributed by atoms with E-state index in [-0.39, 0.29) is 25.9 Å². The molecule has 16 N–H and O–H groups in total. The lowest BCUT2D eigenvalue weighted by molar-refractivity contribution is -0.332. The number of hydrogen-bond donors (Lipinski definition) is 12. The SMILES string of the molecule is NC=NCC[C@H](F)C(=O)N[C@@H]1C[C@H](N)[C@@H](O[C@H]2O[C@H](CN)[C@@H](O)[C@H](O)[C@H]2O)[C@H](O)[C@H]1O[C@H]1O[C@H](CO)[C@@H](O)[C@H](N)[C@H]1O. The van der Waals surface area contributed by atoms with Gasteiger partial charge in [0, 0.05) is 25.6 Å². The zero-order valence-electron chi connectivity index (χ0n) is 22.7. The summed E-state index contributed by atoms with van der Waals surface area (Å²) in [5.74, 6) is -1.08. The number of halogens is 1. The molecule has 2 saturated heterocycles. The number of aliphatic hydroxyl groups excluding tert-OH is 7. The number of rotatable bonds is 11. The minimum atomic E-state index is -2.03. The zero-order valence-corrected chi connectivity index (χ0v) is 22.7. The van der Waals surface area contributed by atoms with Crippen molar-refractivity contribution in [3.63, 3.8) is 0 Å². The second-order valence-corrected chi connectivity index (χ2v) is 10.6. The Morgan fingerprint density at radius 1 is 0.952 bits per heavy atom. The van der Waals surface area contributed by atoms with Crippen LogP contribution in [0.1, 0.15) is 12.8 Å². The standard InChI is InChI=1S/C23H43FN6O12/c24-7(1-2-29-6-26)21(38)30-9-3-8(27)19(41-23-17(36)16(35)14(33)10(4-25)39-23)18(37)20(9)42-22-15(34)12(28)13(32)11(5-31)40-22/h6-20,22-23,31-37H,1-5,25,27-28H2,(H2,26,29)(H,30,38)/t7-,8-,9+,10+,11+,12-,13+,14+,15+,16-,17+,18-,19+,20-,22+,23+/m0/s1. The summed E-state index contributed by atoms with van der Waals surface area (Å²) < 4.78 is 37.0. The highest BCUT2D eigenvalue weighted by atomic mass is 19.1. The second kappa shape index (κ2) is 15.3. The van der Waals surface area contributed by atoms with E-state index >= 15 is 0 Å². The predicted molar refractivity (Wildman–Crippen MR) is 139 cm³/mol. The van der Waals surface area contributed by atoms with Gasteiger partial charge in [0.25, 0.3) is 5.91 Å². The summed E-state index contributed by atoms with van der Waals surface area (Å²) in [6.07, 6.45) is -20.1. The number of nitrogens with two attached hydrogens (primary N) is 4. The molecule has 1 amide bonds. The molecule has 0 bridgehead atoms. The molecular formula is C23H43FN6O12. The summed E-state index contributed by atoms with van der Waals surface area (Å²) in [6, 6.07) is -3.65. The first kappa shape index (κ1) is 34.8. The average molecular weight is 615 g/mol. The minimum Gasteiger partial charge on any atom is -0.394 e. The molecule has 3 aliphatic rings. The first-order valence-corrected chi connectivity index (χ1v) is 13.5. The number of nitrogens with zero attached hydrogens (tertiary/aromatic N) is 1. The molecule has 16 atom stereocenters. The smallest absolute Gasteiger partial charge is 0.254 e. The van der Waals surface area contributed by atoms with Crippen molar-refractivity contribution in [2.45, 2.75) is 111 Å². The van der Waals surface area contributed by atoms with Gasteiger partial charge in [0.15, 0.2) is 18.8 Å². The number of nitrogens with one attached hydrogen (secondary N) is 1. The van der Waals surface area contributed by atoms with Crippen molar-refractivity contribution in [2.75, 3.05) is 19.7 Å². The maximum absolute atomic E-state index is 14.6. The fraction of sp³-hybridized carbons (Fsp3) is 0.913. The Kier molecular flexibility index (Phi) is 12.7. The topological polar surface area (TPSA) is 324 Å². The Morgan fingerprint density at radius 3 is 2.19 bits per heavy atom. The van der Waals surface area contributed by atoms with Gasteiger partial charge in [0.05, 0.1) is 25.0 Å². The highest BCUT2D eigenvalue weighted by Crippen LogP contribution is 2.32. The third-order valence-corrected chi connectivity index (χ3v) is 7.67. The van der Waals surface area contributed by atoms with Crippen molar-refractivity contribution in [3.05, 3.63) is 0 Å². The molecule has 0 aromatic rings. The van der Waals surface area contributed by atoms with Crippen LogP contribution in [-0.2, 0) is 23.7 Å². The molecule has 1 saturated carbocycles. The Bertz CT molecular complexity index is 895. The van der Waals surface area contributed by atoms with Crippen molar-refractivity contribution in [2.24, 2.45) is 27.9 Å². The average Bonchev–Trinajstić information content (AvgIpc) is 2.96. The van der Waals surface area contributed by atoms with Crippen LogP contribution in [0.2, 0.25) is 0 Å². The van der Waals surface area contributed by atoms with Crippen molar-refractivity contribution < 1.29 is 63.9 Å². The Hall–Kier alpha value is -1.69. The number of carbonyl (C=O) groups is 1. The monoisotopic (exact) mass is 614 g/mol. The summed E-state index contributed by atoms with van der Waals surface area (Å²) in [5.41, 5.74) is 22.8. The van der Waals surface area contributed by atoms with E-state index in [9.17, 15) is 44.9 Å². The largest absolute Gasteiger partial charge is 0.394 e. The normalized spacial score (nSPS) is 45.5. The van der Waals surface area contributed by atoms with Gasteiger partial charge in [-0.15, -0.1) is 0 Å². The van der Waals surface area contributed by atoms with E-state index in [0.29, 0.717) is 0 Å². The van der Waals surface area contributed by atoms with Gasteiger partial charge in [-0.25, -0.2) is 4.39 Å². The van der Waals surface area contributed by atoms with Crippen LogP contribution in [0, 0.1) is 0 Å². The van der Waals surface area contributed by atoms with Gasteiger partial charge in [-0.3, -0.25) is 9.79 Å². The van der Waals surface area contributed by atoms with Crippen molar-refractivity contribution in [1.82, 2.24) is 5.32 Å². The molecule has 2 aliphatic heterocycles. The molecule has 0 aromatic carbocycles. The first-order chi connectivity index (χ1) is 19.9. The Balaban J connectivity index is 1.84. The quantitative estimate of drug-likeness (QED) is 0.0759. The van der Waals surface area contributed by atoms with E-state index in [1.807, 2.05) is 0 Å². The summed E-state index contributed by atoms with van der Waals surface area (Å²) in [5, 5.41) is 74.8. The van der Waals surface area contributed by atoms with Crippen molar-refractivity contribution in [3.8, 4) is 0 Å². The summed E-state index contributed by atoms with van der Waals surface area (Å²) in [6.45, 7) is -1.03. The summed E-state index contributed by atoms with van der Waals surface area (Å²) >= 11 is 0. The molecule has 244 valence electrons. The van der Waals surface area contributed by atoms with Gasteiger partial charge in [-0.2, -0.15) is 0 Å². The number of hydrogen-bond acceptors (Lipinski definition) is 16. The number of aliphatic imine (C=N–C) groups is 1. The van der Waals surface area contributed by atoms with Crippen LogP contribution in [0.5, 0.6) is 0 Å². The van der Waals surface area contributed by atoms with Gasteiger partial charge >= 0.3 is 0 Å². The van der Waals surface area contributed by atoms with Crippen molar-refractivity contribution in [1.29, 1.82) is 0 Å². The van der Waals surface area contributed by atoms with E-state index in [1.165, 1.54) is 0 Å². The Morgan fingerprint density at radius 2 is 1.57 bits per heavy atom. The molecule has 3 fully saturated rings. The molecule has 0 radical (unpaired) electrons. The minimum absolute atomic E-state index is 0.0767. The van der Waals surface area contributed by atoms with Crippen LogP contribution in [0.25, 0.3) is 0 Å². The molecule has 3 rings (SSSR count). The maximum atomic E-state index is 14.6. The van der Waals surface area contributed by atoms with Crippen LogP contribution in [-0.4, -0.2) is 166 Å². The van der Waals surface area contributed by atoms with Gasteiger partial charge in [0.1, 0.15) is 61.0 Å². The molecule has 0 unspecified atom stereocenters. The molecular weight excluding hydrogens is 571 g/mol.